The molecule has 1 amide bonds. The van der Waals surface area contributed by atoms with E-state index in [-0.39, 0.29) is 18.0 Å². The van der Waals surface area contributed by atoms with Gasteiger partial charge in [-0.25, -0.2) is 0 Å². The van der Waals surface area contributed by atoms with Gasteiger partial charge in [0, 0.05) is 42.9 Å². The summed E-state index contributed by atoms with van der Waals surface area (Å²) in [5, 5.41) is 3.83. The van der Waals surface area contributed by atoms with E-state index >= 15 is 0 Å². The number of carbonyl (C=O) groups is 1. The summed E-state index contributed by atoms with van der Waals surface area (Å²) < 4.78 is 0. The van der Waals surface area contributed by atoms with Gasteiger partial charge in [-0.2, -0.15) is 0 Å². The number of hydrogen-bond acceptors (Lipinski definition) is 3. The van der Waals surface area contributed by atoms with Crippen molar-refractivity contribution in [3.8, 4) is 0 Å². The van der Waals surface area contributed by atoms with Crippen molar-refractivity contribution in [2.24, 2.45) is 0 Å². The van der Waals surface area contributed by atoms with Gasteiger partial charge in [0.05, 0.1) is 6.04 Å². The molecule has 1 fully saturated rings. The highest BCUT2D eigenvalue weighted by Gasteiger charge is 2.26. The van der Waals surface area contributed by atoms with Gasteiger partial charge in [-0.05, 0) is 44.5 Å². The molecule has 2 atom stereocenters. The van der Waals surface area contributed by atoms with E-state index in [2.05, 4.69) is 34.2 Å². The maximum absolute atomic E-state index is 12.2. The van der Waals surface area contributed by atoms with Crippen LogP contribution in [0.3, 0.4) is 0 Å². The summed E-state index contributed by atoms with van der Waals surface area (Å²) in [6.07, 6.45) is 0.961. The normalized spacial score (nSPS) is 18.8. The van der Waals surface area contributed by atoms with Gasteiger partial charge in [-0.1, -0.05) is 18.5 Å². The first-order valence-corrected chi connectivity index (χ1v) is 8.44. The zero-order chi connectivity index (χ0) is 16.1. The number of benzene rings is 1. The fraction of sp³-hybridized carbons (Fsp3) is 0.588. The first kappa shape index (κ1) is 17.1. The fourth-order valence-corrected chi connectivity index (χ4v) is 2.78. The average Bonchev–Trinajstić information content (AvgIpc) is 2.55. The summed E-state index contributed by atoms with van der Waals surface area (Å²) in [6.45, 7) is 9.79. The summed E-state index contributed by atoms with van der Waals surface area (Å²) in [4.78, 5) is 16.8. The second kappa shape index (κ2) is 7.84. The first-order valence-electron chi connectivity index (χ1n) is 8.06. The smallest absolute Gasteiger partial charge is 0.237 e. The number of halogens is 1. The lowest BCUT2D eigenvalue weighted by atomic mass is 10.1. The van der Waals surface area contributed by atoms with Crippen molar-refractivity contribution in [3.05, 3.63) is 29.3 Å². The molecule has 0 bridgehead atoms. The summed E-state index contributed by atoms with van der Waals surface area (Å²) in [5.74, 6) is 0.134. The van der Waals surface area contributed by atoms with Crippen LogP contribution in [0.4, 0.5) is 5.69 Å². The standard InChI is InChI=1S/C17H26ClN3O/c1-4-13(2)19-17(22)14(3)20-9-11-21(12-10-20)16-7-5-15(18)6-8-16/h5-8,13-14H,4,9-12H2,1-3H3,(H,19,22)/t13-,14+/m1/s1. The third-order valence-corrected chi connectivity index (χ3v) is 4.69. The van der Waals surface area contributed by atoms with E-state index in [1.165, 1.54) is 5.69 Å². The number of nitrogens with one attached hydrogen (secondary N) is 1. The van der Waals surface area contributed by atoms with Crippen LogP contribution in [0, 0.1) is 0 Å². The molecule has 1 aromatic carbocycles. The van der Waals surface area contributed by atoms with Crippen LogP contribution in [0.2, 0.25) is 5.02 Å². The van der Waals surface area contributed by atoms with Gasteiger partial charge in [-0.15, -0.1) is 0 Å². The SMILES string of the molecule is CC[C@@H](C)NC(=O)[C@H](C)N1CCN(c2ccc(Cl)cc2)CC1. The maximum atomic E-state index is 12.2. The lowest BCUT2D eigenvalue weighted by Gasteiger charge is -2.38. The topological polar surface area (TPSA) is 35.6 Å². The van der Waals surface area contributed by atoms with Crippen molar-refractivity contribution in [1.29, 1.82) is 0 Å². The van der Waals surface area contributed by atoms with Crippen molar-refractivity contribution in [1.82, 2.24) is 10.2 Å². The van der Waals surface area contributed by atoms with Crippen LogP contribution in [0.5, 0.6) is 0 Å². The number of carbonyl (C=O) groups excluding carboxylic acids is 1. The maximum Gasteiger partial charge on any atom is 0.237 e. The second-order valence-corrected chi connectivity index (χ2v) is 6.43. The van der Waals surface area contributed by atoms with Crippen LogP contribution in [-0.2, 0) is 4.79 Å². The number of nitrogens with zero attached hydrogens (tertiary/aromatic N) is 2. The Balaban J connectivity index is 1.86. The average molecular weight is 324 g/mol. The number of piperazine rings is 1. The van der Waals surface area contributed by atoms with E-state index in [1.807, 2.05) is 26.0 Å². The lowest BCUT2D eigenvalue weighted by Crippen LogP contribution is -2.54. The summed E-state index contributed by atoms with van der Waals surface area (Å²) in [7, 11) is 0. The third kappa shape index (κ3) is 4.37. The molecule has 0 radical (unpaired) electrons. The van der Waals surface area contributed by atoms with Crippen molar-refractivity contribution >= 4 is 23.2 Å². The monoisotopic (exact) mass is 323 g/mol. The Morgan fingerprint density at radius 3 is 2.32 bits per heavy atom. The Labute approximate surface area is 138 Å². The minimum Gasteiger partial charge on any atom is -0.369 e. The van der Waals surface area contributed by atoms with E-state index in [4.69, 9.17) is 11.6 Å². The lowest BCUT2D eigenvalue weighted by molar-refractivity contribution is -0.126. The van der Waals surface area contributed by atoms with Crippen LogP contribution in [0.15, 0.2) is 24.3 Å². The molecule has 5 heteroatoms. The van der Waals surface area contributed by atoms with Gasteiger partial charge in [0.2, 0.25) is 5.91 Å². The quantitative estimate of drug-likeness (QED) is 0.905. The minimum absolute atomic E-state index is 0.0682. The van der Waals surface area contributed by atoms with Gasteiger partial charge in [0.1, 0.15) is 0 Å². The molecule has 1 saturated heterocycles. The molecule has 1 N–H and O–H groups in total. The highest BCUT2D eigenvalue weighted by atomic mass is 35.5. The van der Waals surface area contributed by atoms with Crippen LogP contribution >= 0.6 is 11.6 Å². The molecular weight excluding hydrogens is 298 g/mol. The van der Waals surface area contributed by atoms with Crippen LogP contribution in [0.25, 0.3) is 0 Å². The third-order valence-electron chi connectivity index (χ3n) is 4.43. The van der Waals surface area contributed by atoms with Gasteiger partial charge < -0.3 is 10.2 Å². The highest BCUT2D eigenvalue weighted by Crippen LogP contribution is 2.20. The molecule has 122 valence electrons. The molecule has 0 aliphatic carbocycles. The number of anilines is 1. The fourth-order valence-electron chi connectivity index (χ4n) is 2.65. The van der Waals surface area contributed by atoms with E-state index in [9.17, 15) is 4.79 Å². The number of hydrogen-bond donors (Lipinski definition) is 1. The van der Waals surface area contributed by atoms with Crippen molar-refractivity contribution in [2.45, 2.75) is 39.3 Å². The zero-order valence-corrected chi connectivity index (χ0v) is 14.4. The summed E-state index contributed by atoms with van der Waals surface area (Å²) in [5.41, 5.74) is 1.20. The van der Waals surface area contributed by atoms with E-state index in [0.29, 0.717) is 0 Å². The molecule has 1 heterocycles. The highest BCUT2D eigenvalue weighted by molar-refractivity contribution is 6.30. The van der Waals surface area contributed by atoms with Gasteiger partial charge in [0.25, 0.3) is 0 Å². The second-order valence-electron chi connectivity index (χ2n) is 5.99. The molecule has 1 aliphatic rings. The molecular formula is C17H26ClN3O. The Kier molecular flexibility index (Phi) is 6.09. The molecule has 0 saturated carbocycles. The molecule has 0 unspecified atom stereocenters. The van der Waals surface area contributed by atoms with E-state index < -0.39 is 0 Å². The van der Waals surface area contributed by atoms with Crippen molar-refractivity contribution in [2.75, 3.05) is 31.1 Å². The largest absolute Gasteiger partial charge is 0.369 e. The van der Waals surface area contributed by atoms with Gasteiger partial charge in [0.15, 0.2) is 0 Å². The predicted molar refractivity (Wildman–Crippen MR) is 92.6 cm³/mol. The molecule has 1 aromatic rings. The molecule has 4 nitrogen and oxygen atoms in total. The van der Waals surface area contributed by atoms with Gasteiger partial charge in [-0.3, -0.25) is 9.69 Å². The molecule has 1 aliphatic heterocycles. The van der Waals surface area contributed by atoms with Crippen LogP contribution in [-0.4, -0.2) is 49.1 Å². The number of rotatable bonds is 5. The first-order chi connectivity index (χ1) is 10.5. The minimum atomic E-state index is -0.0682. The molecule has 0 spiro atoms. The van der Waals surface area contributed by atoms with Crippen molar-refractivity contribution in [3.63, 3.8) is 0 Å². The Bertz CT molecular complexity index is 483. The molecule has 2 rings (SSSR count). The van der Waals surface area contributed by atoms with E-state index in [0.717, 1.165) is 37.6 Å². The zero-order valence-electron chi connectivity index (χ0n) is 13.7. The summed E-state index contributed by atoms with van der Waals surface area (Å²) >= 11 is 5.93. The van der Waals surface area contributed by atoms with Gasteiger partial charge >= 0.3 is 0 Å². The van der Waals surface area contributed by atoms with Crippen LogP contribution < -0.4 is 10.2 Å². The Morgan fingerprint density at radius 2 is 1.77 bits per heavy atom. The molecule has 22 heavy (non-hydrogen) atoms. The Morgan fingerprint density at radius 1 is 1.18 bits per heavy atom. The van der Waals surface area contributed by atoms with Crippen molar-refractivity contribution < 1.29 is 4.79 Å². The molecule has 0 aromatic heterocycles. The predicted octanol–water partition coefficient (Wildman–Crippen LogP) is 2.77. The summed E-state index contributed by atoms with van der Waals surface area (Å²) in [6, 6.07) is 8.12. The van der Waals surface area contributed by atoms with Crippen LogP contribution in [0.1, 0.15) is 27.2 Å². The van der Waals surface area contributed by atoms with E-state index in [1.54, 1.807) is 0 Å². The Hall–Kier alpha value is -1.26. The number of amides is 1.